The number of rotatable bonds is 5. The maximum absolute atomic E-state index is 12.3. The quantitative estimate of drug-likeness (QED) is 0.815. The van der Waals surface area contributed by atoms with Crippen molar-refractivity contribution >= 4 is 35.0 Å². The van der Waals surface area contributed by atoms with E-state index in [1.807, 2.05) is 0 Å². The average Bonchev–Trinajstić information content (AvgIpc) is 2.49. The molecule has 0 atom stereocenters. The van der Waals surface area contributed by atoms with Crippen LogP contribution in [0.25, 0.3) is 0 Å². The number of ketones is 1. The summed E-state index contributed by atoms with van der Waals surface area (Å²) in [4.78, 5) is 22.8. The highest BCUT2D eigenvalue weighted by Crippen LogP contribution is 2.35. The number of aliphatic carboxylic acids is 1. The molecule has 2 aromatic rings. The summed E-state index contributed by atoms with van der Waals surface area (Å²) in [6, 6.07) is 8.46. The van der Waals surface area contributed by atoms with E-state index in [9.17, 15) is 14.7 Å². The van der Waals surface area contributed by atoms with E-state index in [0.29, 0.717) is 5.56 Å². The molecule has 0 unspecified atom stereocenters. The van der Waals surface area contributed by atoms with Gasteiger partial charge in [-0.25, -0.2) is 4.79 Å². The number of hydrogen-bond donors (Lipinski definition) is 2. The van der Waals surface area contributed by atoms with E-state index in [1.165, 1.54) is 36.4 Å². The van der Waals surface area contributed by atoms with Crippen molar-refractivity contribution in [3.8, 4) is 11.5 Å². The molecule has 0 aliphatic heterocycles. The van der Waals surface area contributed by atoms with Crippen molar-refractivity contribution in [2.75, 3.05) is 6.61 Å². The van der Waals surface area contributed by atoms with Crippen LogP contribution < -0.4 is 4.74 Å². The van der Waals surface area contributed by atoms with Gasteiger partial charge in [0, 0.05) is 11.1 Å². The van der Waals surface area contributed by atoms with Gasteiger partial charge in [0.2, 0.25) is 0 Å². The summed E-state index contributed by atoms with van der Waals surface area (Å²) < 4.78 is 4.97. The fourth-order valence-corrected chi connectivity index (χ4v) is 2.19. The molecule has 2 N–H and O–H groups in total. The van der Waals surface area contributed by atoms with Crippen LogP contribution in [0.1, 0.15) is 15.9 Å². The minimum atomic E-state index is -1.16. The molecule has 2 rings (SSSR count). The van der Waals surface area contributed by atoms with Crippen molar-refractivity contribution in [3.05, 3.63) is 57.6 Å². The predicted molar refractivity (Wildman–Crippen MR) is 81.1 cm³/mol. The first-order valence-electron chi connectivity index (χ1n) is 6.06. The lowest BCUT2D eigenvalue weighted by molar-refractivity contribution is -0.139. The Labute approximate surface area is 135 Å². The Balaban J connectivity index is 2.32. The largest absolute Gasteiger partial charge is 0.508 e. The molecule has 7 heteroatoms. The predicted octanol–water partition coefficient (Wildman–Crippen LogP) is 3.39. The molecular formula is C15H10Cl2O5. The van der Waals surface area contributed by atoms with Gasteiger partial charge in [0.1, 0.15) is 16.5 Å². The van der Waals surface area contributed by atoms with Crippen molar-refractivity contribution in [1.29, 1.82) is 0 Å². The number of phenolic OH excluding ortho intramolecular Hbond substituents is 1. The van der Waals surface area contributed by atoms with Crippen LogP contribution in [0.2, 0.25) is 10.0 Å². The number of carboxylic acids is 1. The molecule has 22 heavy (non-hydrogen) atoms. The molecule has 0 aliphatic rings. The van der Waals surface area contributed by atoms with Gasteiger partial charge in [-0.1, -0.05) is 23.2 Å². The second-order valence-corrected chi connectivity index (χ2v) is 5.05. The highest BCUT2D eigenvalue weighted by molar-refractivity contribution is 6.45. The molecule has 5 nitrogen and oxygen atoms in total. The summed E-state index contributed by atoms with van der Waals surface area (Å²) in [5.74, 6) is -1.41. The lowest BCUT2D eigenvalue weighted by atomic mass is 10.0. The lowest BCUT2D eigenvalue weighted by Crippen LogP contribution is -2.10. The third kappa shape index (κ3) is 3.50. The second-order valence-electron chi connectivity index (χ2n) is 4.30. The summed E-state index contributed by atoms with van der Waals surface area (Å²) in [6.45, 7) is -0.568. The minimum Gasteiger partial charge on any atom is -0.508 e. The van der Waals surface area contributed by atoms with Gasteiger partial charge in [0.15, 0.2) is 12.4 Å². The van der Waals surface area contributed by atoms with Crippen LogP contribution in [0.3, 0.4) is 0 Å². The first kappa shape index (κ1) is 16.1. The molecule has 114 valence electrons. The zero-order valence-electron chi connectivity index (χ0n) is 11.0. The zero-order chi connectivity index (χ0) is 16.3. The van der Waals surface area contributed by atoms with Gasteiger partial charge < -0.3 is 14.9 Å². The van der Waals surface area contributed by atoms with Gasteiger partial charge in [0.25, 0.3) is 0 Å². The Morgan fingerprint density at radius 2 is 1.64 bits per heavy atom. The van der Waals surface area contributed by atoms with E-state index >= 15 is 0 Å². The van der Waals surface area contributed by atoms with Crippen LogP contribution in [-0.4, -0.2) is 28.6 Å². The highest BCUT2D eigenvalue weighted by atomic mass is 35.5. The number of carboxylic acid groups (broad SMARTS) is 1. The SMILES string of the molecule is O=C(O)COc1ccc(C(=O)c2ccc(O)cc2)c(Cl)c1Cl. The summed E-state index contributed by atoms with van der Waals surface area (Å²) in [7, 11) is 0. The Bertz CT molecular complexity index is 725. The molecule has 0 bridgehead atoms. The Morgan fingerprint density at radius 3 is 2.23 bits per heavy atom. The molecule has 0 radical (unpaired) electrons. The lowest BCUT2D eigenvalue weighted by Gasteiger charge is -2.10. The van der Waals surface area contributed by atoms with E-state index in [2.05, 4.69) is 0 Å². The number of phenols is 1. The van der Waals surface area contributed by atoms with Gasteiger partial charge in [-0.15, -0.1) is 0 Å². The maximum Gasteiger partial charge on any atom is 0.341 e. The van der Waals surface area contributed by atoms with Crippen LogP contribution in [0.15, 0.2) is 36.4 Å². The zero-order valence-corrected chi connectivity index (χ0v) is 12.6. The molecule has 2 aromatic carbocycles. The van der Waals surface area contributed by atoms with Crippen molar-refractivity contribution < 1.29 is 24.5 Å². The van der Waals surface area contributed by atoms with Crippen LogP contribution >= 0.6 is 23.2 Å². The summed E-state index contributed by atoms with van der Waals surface area (Å²) in [5.41, 5.74) is 0.481. The van der Waals surface area contributed by atoms with Gasteiger partial charge in [-0.05, 0) is 36.4 Å². The van der Waals surface area contributed by atoms with Gasteiger partial charge >= 0.3 is 5.97 Å². The fourth-order valence-electron chi connectivity index (χ4n) is 1.73. The Morgan fingerprint density at radius 1 is 1.00 bits per heavy atom. The molecule has 0 saturated heterocycles. The van der Waals surface area contributed by atoms with Crippen LogP contribution in [0, 0.1) is 0 Å². The summed E-state index contributed by atoms with van der Waals surface area (Å²) >= 11 is 12.1. The maximum atomic E-state index is 12.3. The summed E-state index contributed by atoms with van der Waals surface area (Å²) in [6.07, 6.45) is 0. The number of aromatic hydroxyl groups is 1. The standard InChI is InChI=1S/C15H10Cl2O5/c16-13-10(15(21)8-1-3-9(18)4-2-8)5-6-11(14(13)17)22-7-12(19)20/h1-6,18H,7H2,(H,19,20). The number of benzene rings is 2. The summed E-state index contributed by atoms with van der Waals surface area (Å²) in [5, 5.41) is 17.7. The van der Waals surface area contributed by atoms with E-state index in [0.717, 1.165) is 0 Å². The number of halogens is 2. The first-order valence-corrected chi connectivity index (χ1v) is 6.82. The number of carbonyl (C=O) groups is 2. The van der Waals surface area contributed by atoms with E-state index in [4.69, 9.17) is 33.0 Å². The Kier molecular flexibility index (Phi) is 4.90. The van der Waals surface area contributed by atoms with E-state index in [1.54, 1.807) is 0 Å². The van der Waals surface area contributed by atoms with Gasteiger partial charge in [-0.3, -0.25) is 4.79 Å². The van der Waals surface area contributed by atoms with Crippen molar-refractivity contribution in [1.82, 2.24) is 0 Å². The fraction of sp³-hybridized carbons (Fsp3) is 0.0667. The Hall–Kier alpha value is -2.24. The van der Waals surface area contributed by atoms with Gasteiger partial charge in [0.05, 0.1) is 5.02 Å². The molecule has 0 spiro atoms. The third-order valence-electron chi connectivity index (χ3n) is 2.77. The number of hydrogen-bond acceptors (Lipinski definition) is 4. The van der Waals surface area contributed by atoms with Crippen LogP contribution in [0.4, 0.5) is 0 Å². The first-order chi connectivity index (χ1) is 10.4. The molecule has 0 amide bonds. The highest BCUT2D eigenvalue weighted by Gasteiger charge is 2.18. The average molecular weight is 341 g/mol. The second kappa shape index (κ2) is 6.68. The minimum absolute atomic E-state index is 0.0253. The molecule has 0 aromatic heterocycles. The molecule has 0 aliphatic carbocycles. The van der Waals surface area contributed by atoms with Gasteiger partial charge in [-0.2, -0.15) is 0 Å². The van der Waals surface area contributed by atoms with Crippen LogP contribution in [0.5, 0.6) is 11.5 Å². The van der Waals surface area contributed by atoms with E-state index < -0.39 is 12.6 Å². The molecule has 0 fully saturated rings. The number of carbonyl (C=O) groups excluding carboxylic acids is 1. The molecular weight excluding hydrogens is 331 g/mol. The molecule has 0 saturated carbocycles. The van der Waals surface area contributed by atoms with Crippen molar-refractivity contribution in [2.24, 2.45) is 0 Å². The smallest absolute Gasteiger partial charge is 0.341 e. The van der Waals surface area contributed by atoms with Crippen molar-refractivity contribution in [3.63, 3.8) is 0 Å². The van der Waals surface area contributed by atoms with Crippen molar-refractivity contribution in [2.45, 2.75) is 0 Å². The topological polar surface area (TPSA) is 83.8 Å². The van der Waals surface area contributed by atoms with E-state index in [-0.39, 0.29) is 32.9 Å². The normalized spacial score (nSPS) is 10.3. The third-order valence-corrected chi connectivity index (χ3v) is 3.64. The molecule has 0 heterocycles. The number of ether oxygens (including phenoxy) is 1. The van der Waals surface area contributed by atoms with Crippen LogP contribution in [-0.2, 0) is 4.79 Å². The monoisotopic (exact) mass is 340 g/mol.